The van der Waals surface area contributed by atoms with Gasteiger partial charge in [-0.2, -0.15) is 0 Å². The number of aliphatic carboxylic acids is 1. The summed E-state index contributed by atoms with van der Waals surface area (Å²) in [6.45, 7) is 2.03. The Balaban J connectivity index is 1.72. The van der Waals surface area contributed by atoms with Crippen molar-refractivity contribution in [2.45, 2.75) is 77.7 Å². The molecule has 0 saturated carbocycles. The maximum atomic E-state index is 13.3. The van der Waals surface area contributed by atoms with E-state index in [1.807, 2.05) is 24.3 Å². The van der Waals surface area contributed by atoms with Gasteiger partial charge in [-0.1, -0.05) is 88.6 Å². The zero-order chi connectivity index (χ0) is 26.6. The number of Topliss-reactive ketones (excluding diaryl/α,β-unsaturated/α-hetero) is 1. The van der Waals surface area contributed by atoms with E-state index >= 15 is 0 Å². The zero-order valence-corrected chi connectivity index (χ0v) is 21.6. The highest BCUT2D eigenvalue weighted by Crippen LogP contribution is 2.29. The maximum Gasteiger partial charge on any atom is 0.353 e. The number of unbranched alkanes of at least 4 members (excludes halogenated alkanes) is 8. The van der Waals surface area contributed by atoms with Gasteiger partial charge in [-0.05, 0) is 30.2 Å². The van der Waals surface area contributed by atoms with E-state index in [9.17, 15) is 19.5 Å². The molecule has 0 aliphatic heterocycles. The van der Waals surface area contributed by atoms with Crippen molar-refractivity contribution in [3.8, 4) is 5.75 Å². The number of aromatic nitrogens is 1. The summed E-state index contributed by atoms with van der Waals surface area (Å²) in [5, 5.41) is 19.5. The van der Waals surface area contributed by atoms with E-state index in [1.54, 1.807) is 28.8 Å². The molecule has 7 heteroatoms. The molecule has 0 saturated heterocycles. The lowest BCUT2D eigenvalue weighted by Gasteiger charge is -2.10. The summed E-state index contributed by atoms with van der Waals surface area (Å²) in [4.78, 5) is 36.4. The second kappa shape index (κ2) is 14.2. The smallest absolute Gasteiger partial charge is 0.353 e. The molecule has 0 unspecified atom stereocenters. The van der Waals surface area contributed by atoms with E-state index in [2.05, 4.69) is 6.92 Å². The van der Waals surface area contributed by atoms with Gasteiger partial charge in [-0.15, -0.1) is 0 Å². The van der Waals surface area contributed by atoms with E-state index in [0.717, 1.165) is 24.8 Å². The Bertz CT molecular complexity index is 1190. The first kappa shape index (κ1) is 28.0. The first-order valence-corrected chi connectivity index (χ1v) is 13.2. The van der Waals surface area contributed by atoms with Crippen LogP contribution in [0.25, 0.3) is 10.9 Å². The molecule has 0 bridgehead atoms. The van der Waals surface area contributed by atoms with Gasteiger partial charge in [0.2, 0.25) is 0 Å². The average Bonchev–Trinajstić information content (AvgIpc) is 3.21. The van der Waals surface area contributed by atoms with Crippen LogP contribution >= 0.6 is 0 Å². The molecule has 37 heavy (non-hydrogen) atoms. The fourth-order valence-electron chi connectivity index (χ4n) is 4.71. The van der Waals surface area contributed by atoms with Crippen LogP contribution in [0.2, 0.25) is 0 Å². The Hall–Kier alpha value is -3.61. The first-order valence-electron chi connectivity index (χ1n) is 13.2. The topological polar surface area (TPSA) is 106 Å². The number of fused-ring (bicyclic) bond motifs is 1. The summed E-state index contributed by atoms with van der Waals surface area (Å²) in [6, 6.07) is 14.1. The highest BCUT2D eigenvalue weighted by atomic mass is 16.5. The Labute approximate surface area is 218 Å². The molecule has 198 valence electrons. The Kier molecular flexibility index (Phi) is 10.7. The number of aromatic carboxylic acids is 1. The maximum absolute atomic E-state index is 13.3. The highest BCUT2D eigenvalue weighted by Gasteiger charge is 2.26. The molecule has 3 aromatic rings. The van der Waals surface area contributed by atoms with Gasteiger partial charge in [0.1, 0.15) is 11.4 Å². The fraction of sp³-hybridized carbons (Fsp3) is 0.433. The number of rotatable bonds is 17. The Morgan fingerprint density at radius 3 is 2.05 bits per heavy atom. The van der Waals surface area contributed by atoms with E-state index in [0.29, 0.717) is 23.1 Å². The number of carbonyl (C=O) groups excluding carboxylic acids is 1. The van der Waals surface area contributed by atoms with Crippen molar-refractivity contribution in [1.82, 2.24) is 4.57 Å². The minimum atomic E-state index is -1.13. The van der Waals surface area contributed by atoms with Crippen LogP contribution in [0.1, 0.15) is 97.5 Å². The number of ether oxygens (including phenoxy) is 1. The zero-order valence-electron chi connectivity index (χ0n) is 21.6. The molecule has 1 aromatic heterocycles. The summed E-state index contributed by atoms with van der Waals surface area (Å²) in [6.07, 6.45) is 10.7. The number of para-hydroxylation sites is 1. The van der Waals surface area contributed by atoms with E-state index < -0.39 is 18.5 Å². The molecule has 1 heterocycles. The van der Waals surface area contributed by atoms with Gasteiger partial charge in [0.15, 0.2) is 12.4 Å². The monoisotopic (exact) mass is 507 g/mol. The summed E-state index contributed by atoms with van der Waals surface area (Å²) < 4.78 is 6.85. The van der Waals surface area contributed by atoms with Crippen LogP contribution in [0.3, 0.4) is 0 Å². The van der Waals surface area contributed by atoms with Gasteiger partial charge >= 0.3 is 11.9 Å². The number of benzene rings is 2. The van der Waals surface area contributed by atoms with Crippen molar-refractivity contribution >= 4 is 28.6 Å². The third-order valence-electron chi connectivity index (χ3n) is 6.59. The van der Waals surface area contributed by atoms with Gasteiger partial charge in [0.25, 0.3) is 0 Å². The molecule has 7 nitrogen and oxygen atoms in total. The molecule has 2 aromatic carbocycles. The van der Waals surface area contributed by atoms with Crippen LogP contribution in [-0.2, 0) is 11.3 Å². The molecule has 2 N–H and O–H groups in total. The molecule has 3 rings (SSSR count). The van der Waals surface area contributed by atoms with Gasteiger partial charge < -0.3 is 19.5 Å². The molecule has 0 fully saturated rings. The summed E-state index contributed by atoms with van der Waals surface area (Å²) in [5.41, 5.74) is 1.79. The van der Waals surface area contributed by atoms with Crippen molar-refractivity contribution in [2.75, 3.05) is 6.61 Å². The molecular formula is C30H37NO6. The summed E-state index contributed by atoms with van der Waals surface area (Å²) >= 11 is 0. The minimum Gasteiger partial charge on any atom is -0.482 e. The lowest BCUT2D eigenvalue weighted by molar-refractivity contribution is -0.139. The first-order chi connectivity index (χ1) is 17.9. The standard InChI is InChI=1S/C30H37NO6/c1-2-3-4-5-6-7-8-9-10-15-26(32)28-24-13-11-12-14-25(24)31(29(28)30(35)36)20-22-16-18-23(19-17-22)37-21-27(33)34/h11-14,16-19H,2-10,15,20-21H2,1H3,(H,33,34)(H,35,36). The quantitative estimate of drug-likeness (QED) is 0.151. The number of carbonyl (C=O) groups is 3. The van der Waals surface area contributed by atoms with Crippen molar-refractivity contribution in [1.29, 1.82) is 0 Å². The lowest BCUT2D eigenvalue weighted by atomic mass is 10.0. The van der Waals surface area contributed by atoms with Crippen LogP contribution in [0.5, 0.6) is 5.75 Å². The normalized spacial score (nSPS) is 11.1. The van der Waals surface area contributed by atoms with Crippen LogP contribution in [0, 0.1) is 0 Å². The average molecular weight is 508 g/mol. The van der Waals surface area contributed by atoms with Crippen molar-refractivity contribution < 1.29 is 29.3 Å². The number of nitrogens with zero attached hydrogens (tertiary/aromatic N) is 1. The summed E-state index contributed by atoms with van der Waals surface area (Å²) in [5.74, 6) is -1.91. The number of ketones is 1. The number of hydrogen-bond acceptors (Lipinski definition) is 4. The third-order valence-corrected chi connectivity index (χ3v) is 6.59. The number of hydrogen-bond donors (Lipinski definition) is 2. The van der Waals surface area contributed by atoms with Crippen LogP contribution in [0.15, 0.2) is 48.5 Å². The third kappa shape index (κ3) is 7.94. The fourth-order valence-corrected chi connectivity index (χ4v) is 4.71. The van der Waals surface area contributed by atoms with Crippen molar-refractivity contribution in [3.63, 3.8) is 0 Å². The van der Waals surface area contributed by atoms with Crippen molar-refractivity contribution in [2.24, 2.45) is 0 Å². The molecule has 0 atom stereocenters. The number of carboxylic acid groups (broad SMARTS) is 2. The lowest BCUT2D eigenvalue weighted by Crippen LogP contribution is -2.14. The SMILES string of the molecule is CCCCCCCCCCCC(=O)c1c(C(=O)O)n(Cc2ccc(OCC(=O)O)cc2)c2ccccc12. The van der Waals surface area contributed by atoms with Crippen molar-refractivity contribution in [3.05, 3.63) is 65.4 Å². The van der Waals surface area contributed by atoms with E-state index in [4.69, 9.17) is 9.84 Å². The van der Waals surface area contributed by atoms with Gasteiger partial charge in [-0.25, -0.2) is 9.59 Å². The summed E-state index contributed by atoms with van der Waals surface area (Å²) in [7, 11) is 0. The number of carboxylic acids is 2. The van der Waals surface area contributed by atoms with E-state index in [-0.39, 0.29) is 23.6 Å². The molecular weight excluding hydrogens is 470 g/mol. The van der Waals surface area contributed by atoms with Gasteiger partial charge in [0, 0.05) is 23.9 Å². The Morgan fingerprint density at radius 1 is 0.811 bits per heavy atom. The molecule has 0 radical (unpaired) electrons. The molecule has 0 aliphatic rings. The van der Waals surface area contributed by atoms with Gasteiger partial charge in [0.05, 0.1) is 5.56 Å². The predicted molar refractivity (Wildman–Crippen MR) is 144 cm³/mol. The molecule has 0 amide bonds. The largest absolute Gasteiger partial charge is 0.482 e. The van der Waals surface area contributed by atoms with Crippen LogP contribution in [0.4, 0.5) is 0 Å². The van der Waals surface area contributed by atoms with Crippen LogP contribution < -0.4 is 4.74 Å². The second-order valence-electron chi connectivity index (χ2n) is 9.46. The second-order valence-corrected chi connectivity index (χ2v) is 9.46. The molecule has 0 spiro atoms. The van der Waals surface area contributed by atoms with Gasteiger partial charge in [-0.3, -0.25) is 4.79 Å². The predicted octanol–water partition coefficient (Wildman–Crippen LogP) is 6.95. The molecule has 0 aliphatic carbocycles. The van der Waals surface area contributed by atoms with E-state index in [1.165, 1.54) is 38.5 Å². The Morgan fingerprint density at radius 2 is 1.43 bits per heavy atom. The van der Waals surface area contributed by atoms with Crippen LogP contribution in [-0.4, -0.2) is 39.1 Å². The minimum absolute atomic E-state index is 0.00771. The highest BCUT2D eigenvalue weighted by molar-refractivity contribution is 6.15.